The number of hydrogen-bond donors (Lipinski definition) is 1. The summed E-state index contributed by atoms with van der Waals surface area (Å²) in [5.74, 6) is -0.393. The number of amides is 1. The molecule has 0 aromatic heterocycles. The van der Waals surface area contributed by atoms with E-state index in [1.54, 1.807) is 6.07 Å². The van der Waals surface area contributed by atoms with Crippen LogP contribution in [0.1, 0.15) is 22.3 Å². The molecule has 1 aromatic carbocycles. The van der Waals surface area contributed by atoms with E-state index >= 15 is 0 Å². The van der Waals surface area contributed by atoms with Crippen molar-refractivity contribution in [2.75, 3.05) is 39.3 Å². The minimum Gasteiger partial charge on any atom is -0.336 e. The topological polar surface area (TPSA) is 35.6 Å². The maximum atomic E-state index is 13.4. The Bertz CT molecular complexity index is 520. The standard InChI is InChI=1S/C16H22FN3O/c1-12-2-3-13(17)10-15(12)16(21)20-8-6-19(7-9-20)14-4-5-18-11-14/h2-3,10,14,18H,4-9,11H2,1H3. The maximum absolute atomic E-state index is 13.4. The summed E-state index contributed by atoms with van der Waals surface area (Å²) in [5, 5.41) is 3.38. The molecule has 2 saturated heterocycles. The van der Waals surface area contributed by atoms with Crippen LogP contribution in [-0.4, -0.2) is 61.0 Å². The van der Waals surface area contributed by atoms with Crippen molar-refractivity contribution in [1.82, 2.24) is 15.1 Å². The summed E-state index contributed by atoms with van der Waals surface area (Å²) in [5.41, 5.74) is 1.33. The van der Waals surface area contributed by atoms with E-state index in [1.807, 2.05) is 11.8 Å². The Morgan fingerprint density at radius 2 is 2.05 bits per heavy atom. The first-order valence-corrected chi connectivity index (χ1v) is 7.65. The van der Waals surface area contributed by atoms with Crippen LogP contribution in [-0.2, 0) is 0 Å². The van der Waals surface area contributed by atoms with Crippen molar-refractivity contribution in [3.8, 4) is 0 Å². The van der Waals surface area contributed by atoms with Crippen LogP contribution >= 0.6 is 0 Å². The molecule has 114 valence electrons. The number of rotatable bonds is 2. The molecule has 5 heteroatoms. The molecular weight excluding hydrogens is 269 g/mol. The van der Waals surface area contributed by atoms with E-state index in [4.69, 9.17) is 0 Å². The van der Waals surface area contributed by atoms with Crippen molar-refractivity contribution in [2.45, 2.75) is 19.4 Å². The normalized spacial score (nSPS) is 23.5. The average Bonchev–Trinajstić information content (AvgIpc) is 3.03. The zero-order valence-electron chi connectivity index (χ0n) is 12.4. The summed E-state index contributed by atoms with van der Waals surface area (Å²) in [6.07, 6.45) is 1.19. The van der Waals surface area contributed by atoms with Crippen LogP contribution in [0.5, 0.6) is 0 Å². The highest BCUT2D eigenvalue weighted by atomic mass is 19.1. The van der Waals surface area contributed by atoms with Gasteiger partial charge < -0.3 is 10.2 Å². The second kappa shape index (κ2) is 6.12. The zero-order chi connectivity index (χ0) is 14.8. The minimum absolute atomic E-state index is 0.0452. The predicted molar refractivity (Wildman–Crippen MR) is 79.9 cm³/mol. The first kappa shape index (κ1) is 14.5. The summed E-state index contributed by atoms with van der Waals surface area (Å²) in [6, 6.07) is 5.03. The van der Waals surface area contributed by atoms with Crippen LogP contribution in [0.3, 0.4) is 0 Å². The number of aryl methyl sites for hydroxylation is 1. The van der Waals surface area contributed by atoms with Crippen molar-refractivity contribution in [1.29, 1.82) is 0 Å². The van der Waals surface area contributed by atoms with Crippen LogP contribution in [0.15, 0.2) is 18.2 Å². The number of carbonyl (C=O) groups is 1. The fourth-order valence-corrected chi connectivity index (χ4v) is 3.24. The molecule has 4 nitrogen and oxygen atoms in total. The van der Waals surface area contributed by atoms with Gasteiger partial charge in [-0.1, -0.05) is 6.07 Å². The molecule has 0 radical (unpaired) electrons. The molecule has 0 bridgehead atoms. The third kappa shape index (κ3) is 3.09. The Balaban J connectivity index is 1.63. The predicted octanol–water partition coefficient (Wildman–Crippen LogP) is 1.25. The zero-order valence-corrected chi connectivity index (χ0v) is 12.4. The summed E-state index contributed by atoms with van der Waals surface area (Å²) in [7, 11) is 0. The second-order valence-corrected chi connectivity index (χ2v) is 5.93. The quantitative estimate of drug-likeness (QED) is 0.891. The number of piperazine rings is 1. The van der Waals surface area contributed by atoms with Crippen LogP contribution in [0.25, 0.3) is 0 Å². The van der Waals surface area contributed by atoms with Gasteiger partial charge in [0.1, 0.15) is 5.82 Å². The van der Waals surface area contributed by atoms with Crippen molar-refractivity contribution in [2.24, 2.45) is 0 Å². The van der Waals surface area contributed by atoms with E-state index in [1.165, 1.54) is 18.6 Å². The van der Waals surface area contributed by atoms with Crippen molar-refractivity contribution in [3.05, 3.63) is 35.1 Å². The molecule has 2 aliphatic rings. The Morgan fingerprint density at radius 3 is 2.71 bits per heavy atom. The summed E-state index contributed by atoms with van der Waals surface area (Å²) < 4.78 is 13.4. The smallest absolute Gasteiger partial charge is 0.254 e. The number of halogens is 1. The fraction of sp³-hybridized carbons (Fsp3) is 0.562. The molecule has 2 fully saturated rings. The molecule has 3 rings (SSSR count). The van der Waals surface area contributed by atoms with Crippen molar-refractivity contribution < 1.29 is 9.18 Å². The Labute approximate surface area is 124 Å². The lowest BCUT2D eigenvalue weighted by Crippen LogP contribution is -2.52. The number of hydrogen-bond acceptors (Lipinski definition) is 3. The highest BCUT2D eigenvalue weighted by molar-refractivity contribution is 5.95. The third-order valence-corrected chi connectivity index (χ3v) is 4.58. The number of nitrogens with zero attached hydrogens (tertiary/aromatic N) is 2. The molecule has 1 aromatic rings. The first-order chi connectivity index (χ1) is 10.1. The Kier molecular flexibility index (Phi) is 4.22. The summed E-state index contributed by atoms with van der Waals surface area (Å²) in [4.78, 5) is 16.8. The van der Waals surface area contributed by atoms with Gasteiger partial charge in [-0.05, 0) is 37.6 Å². The minimum atomic E-state index is -0.348. The van der Waals surface area contributed by atoms with Gasteiger partial charge in [0, 0.05) is 44.3 Å². The largest absolute Gasteiger partial charge is 0.336 e. The van der Waals surface area contributed by atoms with Crippen molar-refractivity contribution in [3.63, 3.8) is 0 Å². The molecular formula is C16H22FN3O. The van der Waals surface area contributed by atoms with Gasteiger partial charge in [-0.2, -0.15) is 0 Å². The highest BCUT2D eigenvalue weighted by Gasteiger charge is 2.28. The molecule has 2 heterocycles. The highest BCUT2D eigenvalue weighted by Crippen LogP contribution is 2.17. The molecule has 1 amide bonds. The van der Waals surface area contributed by atoms with Gasteiger partial charge in [-0.15, -0.1) is 0 Å². The van der Waals surface area contributed by atoms with Gasteiger partial charge in [-0.25, -0.2) is 4.39 Å². The molecule has 0 aliphatic carbocycles. The lowest BCUT2D eigenvalue weighted by Gasteiger charge is -2.38. The lowest BCUT2D eigenvalue weighted by molar-refractivity contribution is 0.0582. The summed E-state index contributed by atoms with van der Waals surface area (Å²) in [6.45, 7) is 7.27. The molecule has 1 N–H and O–H groups in total. The van der Waals surface area contributed by atoms with Gasteiger partial charge in [0.15, 0.2) is 0 Å². The van der Waals surface area contributed by atoms with Gasteiger partial charge in [0.25, 0.3) is 5.91 Å². The number of benzene rings is 1. The van der Waals surface area contributed by atoms with Crippen LogP contribution in [0.2, 0.25) is 0 Å². The van der Waals surface area contributed by atoms with Gasteiger partial charge >= 0.3 is 0 Å². The monoisotopic (exact) mass is 291 g/mol. The van der Waals surface area contributed by atoms with Crippen LogP contribution < -0.4 is 5.32 Å². The van der Waals surface area contributed by atoms with E-state index < -0.39 is 0 Å². The molecule has 21 heavy (non-hydrogen) atoms. The molecule has 0 spiro atoms. The van der Waals surface area contributed by atoms with Gasteiger partial charge in [-0.3, -0.25) is 9.69 Å². The lowest BCUT2D eigenvalue weighted by atomic mass is 10.1. The Hall–Kier alpha value is -1.46. The summed E-state index contributed by atoms with van der Waals surface area (Å²) >= 11 is 0. The fourth-order valence-electron chi connectivity index (χ4n) is 3.24. The number of carbonyl (C=O) groups excluding carboxylic acids is 1. The van der Waals surface area contributed by atoms with E-state index in [-0.39, 0.29) is 11.7 Å². The van der Waals surface area contributed by atoms with E-state index in [0.717, 1.165) is 44.8 Å². The van der Waals surface area contributed by atoms with Crippen LogP contribution in [0.4, 0.5) is 4.39 Å². The first-order valence-electron chi connectivity index (χ1n) is 7.65. The van der Waals surface area contributed by atoms with Gasteiger partial charge in [0.2, 0.25) is 0 Å². The molecule has 1 atom stereocenters. The maximum Gasteiger partial charge on any atom is 0.254 e. The van der Waals surface area contributed by atoms with E-state index in [2.05, 4.69) is 10.2 Å². The van der Waals surface area contributed by atoms with E-state index in [9.17, 15) is 9.18 Å². The SMILES string of the molecule is Cc1ccc(F)cc1C(=O)N1CCN(C2CCNC2)CC1. The average molecular weight is 291 g/mol. The molecule has 0 saturated carbocycles. The second-order valence-electron chi connectivity index (χ2n) is 5.93. The third-order valence-electron chi connectivity index (χ3n) is 4.58. The Morgan fingerprint density at radius 1 is 1.29 bits per heavy atom. The number of nitrogens with one attached hydrogen (secondary N) is 1. The molecule has 1 unspecified atom stereocenters. The molecule has 2 aliphatic heterocycles. The van der Waals surface area contributed by atoms with Crippen molar-refractivity contribution >= 4 is 5.91 Å². The van der Waals surface area contributed by atoms with Gasteiger partial charge in [0.05, 0.1) is 0 Å². The van der Waals surface area contributed by atoms with E-state index in [0.29, 0.717) is 11.6 Å². The van der Waals surface area contributed by atoms with Crippen LogP contribution in [0, 0.1) is 12.7 Å².